The number of halogens is 1. The number of piperidine rings is 1. The Balaban J connectivity index is 0.00000450. The first-order chi connectivity index (χ1) is 14.0. The van der Waals surface area contributed by atoms with Gasteiger partial charge in [-0.05, 0) is 40.7 Å². The number of nitrogens with one attached hydrogen (secondary N) is 2. The molecule has 0 saturated carbocycles. The number of hydrogen-bond acceptors (Lipinski definition) is 5. The maximum Gasteiger partial charge on any atom is 0.191 e. The SMILES string of the molecule is CCNC(=NCCN(C)C(C)C)NC1CCN(c2cc(OC)cc(OC)c2)CC1.I. The third-order valence-electron chi connectivity index (χ3n) is 5.49. The first kappa shape index (κ1) is 26.6. The molecule has 1 aromatic rings. The summed E-state index contributed by atoms with van der Waals surface area (Å²) in [6.07, 6.45) is 2.13. The molecule has 0 amide bonds. The fraction of sp³-hybridized carbons (Fsp3) is 0.682. The van der Waals surface area contributed by atoms with E-state index in [9.17, 15) is 0 Å². The number of guanidine groups is 1. The van der Waals surface area contributed by atoms with Crippen molar-refractivity contribution in [2.75, 3.05) is 58.9 Å². The maximum atomic E-state index is 5.41. The number of anilines is 1. The Labute approximate surface area is 199 Å². The summed E-state index contributed by atoms with van der Waals surface area (Å²) in [5.74, 6) is 2.58. The molecule has 8 heteroatoms. The summed E-state index contributed by atoms with van der Waals surface area (Å²) in [7, 11) is 5.52. The second-order valence-electron chi connectivity index (χ2n) is 7.81. The van der Waals surface area contributed by atoms with Crippen LogP contribution < -0.4 is 25.0 Å². The second-order valence-corrected chi connectivity index (χ2v) is 7.81. The number of likely N-dealkylation sites (N-methyl/N-ethyl adjacent to an activating group) is 1. The number of rotatable bonds is 9. The Hall–Kier alpha value is -1.42. The maximum absolute atomic E-state index is 5.41. The van der Waals surface area contributed by atoms with Gasteiger partial charge in [0.2, 0.25) is 0 Å². The van der Waals surface area contributed by atoms with Gasteiger partial charge in [-0.2, -0.15) is 0 Å². The van der Waals surface area contributed by atoms with E-state index in [0.717, 1.165) is 68.7 Å². The van der Waals surface area contributed by atoms with Gasteiger partial charge in [-0.1, -0.05) is 0 Å². The van der Waals surface area contributed by atoms with Crippen molar-refractivity contribution in [1.29, 1.82) is 0 Å². The van der Waals surface area contributed by atoms with Crippen LogP contribution in [0.25, 0.3) is 0 Å². The Morgan fingerprint density at radius 1 is 1.17 bits per heavy atom. The zero-order chi connectivity index (χ0) is 21.2. The number of ether oxygens (including phenoxy) is 2. The molecule has 7 nitrogen and oxygen atoms in total. The molecule has 1 heterocycles. The van der Waals surface area contributed by atoms with E-state index >= 15 is 0 Å². The minimum absolute atomic E-state index is 0. The third kappa shape index (κ3) is 8.37. The highest BCUT2D eigenvalue weighted by atomic mass is 127. The quantitative estimate of drug-likeness (QED) is 0.289. The summed E-state index contributed by atoms with van der Waals surface area (Å²) in [5.41, 5.74) is 1.15. The Kier molecular flexibility index (Phi) is 12.2. The van der Waals surface area contributed by atoms with Gasteiger partial charge in [0.1, 0.15) is 11.5 Å². The van der Waals surface area contributed by atoms with Crippen LogP contribution in [0.4, 0.5) is 5.69 Å². The van der Waals surface area contributed by atoms with Gasteiger partial charge in [-0.3, -0.25) is 4.99 Å². The van der Waals surface area contributed by atoms with Gasteiger partial charge < -0.3 is 29.9 Å². The summed E-state index contributed by atoms with van der Waals surface area (Å²) in [4.78, 5) is 9.47. The molecule has 1 saturated heterocycles. The first-order valence-corrected chi connectivity index (χ1v) is 10.7. The van der Waals surface area contributed by atoms with Crippen LogP contribution in [0.3, 0.4) is 0 Å². The van der Waals surface area contributed by atoms with Crippen LogP contribution in [0.2, 0.25) is 0 Å². The molecule has 30 heavy (non-hydrogen) atoms. The van der Waals surface area contributed by atoms with Gasteiger partial charge in [0.15, 0.2) is 5.96 Å². The average Bonchev–Trinajstić information content (AvgIpc) is 2.73. The summed E-state index contributed by atoms with van der Waals surface area (Å²) < 4.78 is 10.8. The van der Waals surface area contributed by atoms with E-state index < -0.39 is 0 Å². The van der Waals surface area contributed by atoms with Gasteiger partial charge in [-0.25, -0.2) is 0 Å². The standard InChI is InChI=1S/C22H39N5O2.HI/c1-7-23-22(24-10-13-26(4)17(2)3)25-18-8-11-27(12-9-18)19-14-20(28-5)16-21(15-19)29-6;/h14-18H,7-13H2,1-6H3,(H2,23,24,25);1H. The van der Waals surface area contributed by atoms with Crippen LogP contribution in [0.15, 0.2) is 23.2 Å². The zero-order valence-corrected chi connectivity index (χ0v) is 21.7. The van der Waals surface area contributed by atoms with Crippen molar-refractivity contribution in [3.63, 3.8) is 0 Å². The number of nitrogens with zero attached hydrogens (tertiary/aromatic N) is 3. The van der Waals surface area contributed by atoms with E-state index in [2.05, 4.69) is 60.4 Å². The zero-order valence-electron chi connectivity index (χ0n) is 19.4. The molecule has 1 aromatic carbocycles. The van der Waals surface area contributed by atoms with Crippen molar-refractivity contribution in [1.82, 2.24) is 15.5 Å². The molecule has 1 aliphatic rings. The molecule has 0 aliphatic carbocycles. The molecule has 2 rings (SSSR count). The molecule has 0 aromatic heterocycles. The number of methoxy groups -OCH3 is 2. The lowest BCUT2D eigenvalue weighted by atomic mass is 10.0. The third-order valence-corrected chi connectivity index (χ3v) is 5.49. The van der Waals surface area contributed by atoms with Crippen LogP contribution in [0.1, 0.15) is 33.6 Å². The van der Waals surface area contributed by atoms with Crippen molar-refractivity contribution in [3.05, 3.63) is 18.2 Å². The van der Waals surface area contributed by atoms with Gasteiger partial charge in [0.05, 0.1) is 20.8 Å². The smallest absolute Gasteiger partial charge is 0.191 e. The molecule has 0 radical (unpaired) electrons. The van der Waals surface area contributed by atoms with E-state index in [1.165, 1.54) is 0 Å². The Morgan fingerprint density at radius 3 is 2.27 bits per heavy atom. The summed E-state index contributed by atoms with van der Waals surface area (Å²) in [6, 6.07) is 7.04. The average molecular weight is 533 g/mol. The highest BCUT2D eigenvalue weighted by molar-refractivity contribution is 14.0. The number of aliphatic imine (C=N–C) groups is 1. The largest absolute Gasteiger partial charge is 0.497 e. The monoisotopic (exact) mass is 533 g/mol. The molecule has 0 bridgehead atoms. The fourth-order valence-corrected chi connectivity index (χ4v) is 3.35. The van der Waals surface area contributed by atoms with Crippen molar-refractivity contribution < 1.29 is 9.47 Å². The summed E-state index contributed by atoms with van der Waals surface area (Å²) in [5, 5.41) is 7.00. The van der Waals surface area contributed by atoms with Gasteiger partial charge >= 0.3 is 0 Å². The first-order valence-electron chi connectivity index (χ1n) is 10.7. The number of benzene rings is 1. The van der Waals surface area contributed by atoms with Crippen LogP contribution in [-0.4, -0.2) is 76.9 Å². The van der Waals surface area contributed by atoms with E-state index in [1.807, 2.05) is 6.07 Å². The van der Waals surface area contributed by atoms with Crippen molar-refractivity contribution in [2.24, 2.45) is 4.99 Å². The topological polar surface area (TPSA) is 61.4 Å². The van der Waals surface area contributed by atoms with Crippen molar-refractivity contribution in [2.45, 2.75) is 45.7 Å². The molecule has 0 spiro atoms. The minimum atomic E-state index is 0. The van der Waals surface area contributed by atoms with E-state index in [1.54, 1.807) is 14.2 Å². The molecule has 0 unspecified atom stereocenters. The molecule has 2 N–H and O–H groups in total. The lowest BCUT2D eigenvalue weighted by Crippen LogP contribution is -2.49. The molecule has 172 valence electrons. The van der Waals surface area contributed by atoms with Crippen LogP contribution in [0, 0.1) is 0 Å². The molecule has 0 atom stereocenters. The normalized spacial score (nSPS) is 15.2. The van der Waals surface area contributed by atoms with E-state index in [0.29, 0.717) is 12.1 Å². The highest BCUT2D eigenvalue weighted by Gasteiger charge is 2.21. The van der Waals surface area contributed by atoms with Gasteiger partial charge in [-0.15, -0.1) is 24.0 Å². The predicted octanol–water partition coefficient (Wildman–Crippen LogP) is 3.19. The molecular formula is C22H40IN5O2. The van der Waals surface area contributed by atoms with E-state index in [-0.39, 0.29) is 24.0 Å². The van der Waals surface area contributed by atoms with Crippen molar-refractivity contribution >= 4 is 35.6 Å². The Morgan fingerprint density at radius 2 is 1.77 bits per heavy atom. The second kappa shape index (κ2) is 13.8. The Bertz CT molecular complexity index is 626. The lowest BCUT2D eigenvalue weighted by Gasteiger charge is -2.35. The van der Waals surface area contributed by atoms with Crippen molar-refractivity contribution in [3.8, 4) is 11.5 Å². The van der Waals surface area contributed by atoms with Crippen LogP contribution in [0.5, 0.6) is 11.5 Å². The molecule has 1 fully saturated rings. The number of hydrogen-bond donors (Lipinski definition) is 2. The van der Waals surface area contributed by atoms with Crippen LogP contribution in [-0.2, 0) is 0 Å². The predicted molar refractivity (Wildman–Crippen MR) is 137 cm³/mol. The van der Waals surface area contributed by atoms with Gasteiger partial charge in [0.25, 0.3) is 0 Å². The molecule has 1 aliphatic heterocycles. The highest BCUT2D eigenvalue weighted by Crippen LogP contribution is 2.30. The van der Waals surface area contributed by atoms with E-state index in [4.69, 9.17) is 14.5 Å². The summed E-state index contributed by atoms with van der Waals surface area (Å²) >= 11 is 0. The fourth-order valence-electron chi connectivity index (χ4n) is 3.35. The van der Waals surface area contributed by atoms with Crippen LogP contribution >= 0.6 is 24.0 Å². The minimum Gasteiger partial charge on any atom is -0.497 e. The molecular weight excluding hydrogens is 493 g/mol. The lowest BCUT2D eigenvalue weighted by molar-refractivity contribution is 0.282. The summed E-state index contributed by atoms with van der Waals surface area (Å²) in [6.45, 7) is 11.1. The van der Waals surface area contributed by atoms with Gasteiger partial charge in [0, 0.05) is 62.1 Å².